The predicted octanol–water partition coefficient (Wildman–Crippen LogP) is 2.04. The number of carbonyl (C=O) groups is 1. The average molecular weight is 394 g/mol. The summed E-state index contributed by atoms with van der Waals surface area (Å²) in [6.45, 7) is 7.52. The molecule has 3 heterocycles. The molecule has 1 spiro atoms. The topological polar surface area (TPSA) is 79.0 Å². The Morgan fingerprint density at radius 3 is 2.78 bits per heavy atom. The molecule has 0 saturated carbocycles. The summed E-state index contributed by atoms with van der Waals surface area (Å²) in [5, 5.41) is 2.41. The monoisotopic (exact) mass is 393 g/mol. The quantitative estimate of drug-likeness (QED) is 0.852. The largest absolute Gasteiger partial charge is 0.365 e. The van der Waals surface area contributed by atoms with Crippen LogP contribution in [0.15, 0.2) is 24.3 Å². The van der Waals surface area contributed by atoms with Gasteiger partial charge in [0.1, 0.15) is 10.9 Å². The van der Waals surface area contributed by atoms with Gasteiger partial charge in [0.05, 0.1) is 12.6 Å². The molecule has 1 aromatic rings. The summed E-state index contributed by atoms with van der Waals surface area (Å²) in [6, 6.07) is 7.43. The molecule has 4 rings (SSSR count). The first-order valence-corrected chi connectivity index (χ1v) is 11.0. The number of sulfonamides is 1. The van der Waals surface area contributed by atoms with Crippen LogP contribution < -0.4 is 5.32 Å². The van der Waals surface area contributed by atoms with E-state index in [2.05, 4.69) is 5.32 Å². The fourth-order valence-corrected chi connectivity index (χ4v) is 7.05. The summed E-state index contributed by atoms with van der Waals surface area (Å²) >= 11 is 0. The highest BCUT2D eigenvalue weighted by Crippen LogP contribution is 2.46. The number of ether oxygens (including phenoxy) is 1. The van der Waals surface area contributed by atoms with E-state index in [1.54, 1.807) is 9.21 Å². The zero-order valence-corrected chi connectivity index (χ0v) is 16.8. The van der Waals surface area contributed by atoms with Crippen molar-refractivity contribution in [2.24, 2.45) is 5.92 Å². The summed E-state index contributed by atoms with van der Waals surface area (Å²) in [5.41, 5.74) is 0.959. The Kier molecular flexibility index (Phi) is 4.48. The third kappa shape index (κ3) is 3.13. The van der Waals surface area contributed by atoms with E-state index in [9.17, 15) is 13.2 Å². The van der Waals surface area contributed by atoms with Crippen molar-refractivity contribution in [1.82, 2.24) is 9.21 Å². The average Bonchev–Trinajstić information content (AvgIpc) is 2.95. The van der Waals surface area contributed by atoms with Crippen LogP contribution in [-0.2, 0) is 14.8 Å². The molecule has 3 saturated heterocycles. The summed E-state index contributed by atoms with van der Waals surface area (Å²) in [7, 11) is -3.39. The molecule has 27 heavy (non-hydrogen) atoms. The lowest BCUT2D eigenvalue weighted by molar-refractivity contribution is -0.0946. The highest BCUT2D eigenvalue weighted by atomic mass is 32.2. The molecular weight excluding hydrogens is 366 g/mol. The Balaban J connectivity index is 1.54. The molecule has 0 radical (unpaired) electrons. The van der Waals surface area contributed by atoms with Gasteiger partial charge in [-0.15, -0.1) is 0 Å². The first-order chi connectivity index (χ1) is 12.7. The standard InChI is InChI=1S/C19H27N3O4S/c1-13(2)9-22-12-19-11-21(10-15(26-19)8-17(19)27(22,24)25)18(23)20-16-7-5-4-6-14(16)3/h4-7,13,15,17H,8-12H2,1-3H3,(H,20,23)/t15-,17+,19+/m1/s1. The van der Waals surface area contributed by atoms with Crippen LogP contribution >= 0.6 is 0 Å². The molecule has 1 aromatic carbocycles. The fraction of sp³-hybridized carbons (Fsp3) is 0.632. The smallest absolute Gasteiger partial charge is 0.322 e. The van der Waals surface area contributed by atoms with E-state index in [0.29, 0.717) is 32.6 Å². The molecule has 3 aliphatic heterocycles. The number of nitrogens with zero attached hydrogens (tertiary/aromatic N) is 2. The zero-order valence-electron chi connectivity index (χ0n) is 16.0. The first-order valence-electron chi connectivity index (χ1n) is 9.49. The highest BCUT2D eigenvalue weighted by Gasteiger charge is 2.65. The second kappa shape index (κ2) is 6.46. The normalized spacial score (nSPS) is 31.9. The minimum atomic E-state index is -3.39. The van der Waals surface area contributed by atoms with E-state index in [4.69, 9.17) is 4.74 Å². The SMILES string of the molecule is Cc1ccccc1NC(=O)N1C[C@H]2C[C@H]3[C@](C1)(CN(CC(C)C)S3(=O)=O)O2. The molecule has 0 aromatic heterocycles. The number of hydrogen-bond donors (Lipinski definition) is 1. The van der Waals surface area contributed by atoms with E-state index < -0.39 is 20.9 Å². The summed E-state index contributed by atoms with van der Waals surface area (Å²) in [4.78, 5) is 14.6. The lowest BCUT2D eigenvalue weighted by Crippen LogP contribution is -2.57. The number of carbonyl (C=O) groups excluding carboxylic acids is 1. The minimum absolute atomic E-state index is 0.197. The molecule has 0 unspecified atom stereocenters. The Morgan fingerprint density at radius 2 is 2.07 bits per heavy atom. The van der Waals surface area contributed by atoms with Crippen LogP contribution in [0, 0.1) is 12.8 Å². The molecule has 1 N–H and O–H groups in total. The minimum Gasteiger partial charge on any atom is -0.365 e. The van der Waals surface area contributed by atoms with Gasteiger partial charge in [-0.05, 0) is 30.9 Å². The van der Waals surface area contributed by atoms with E-state index in [0.717, 1.165) is 11.3 Å². The lowest BCUT2D eigenvalue weighted by Gasteiger charge is -2.39. The fourth-order valence-electron chi connectivity index (χ4n) is 4.58. The molecular formula is C19H27N3O4S. The van der Waals surface area contributed by atoms with Gasteiger partial charge in [-0.1, -0.05) is 32.0 Å². The molecule has 8 heteroatoms. The van der Waals surface area contributed by atoms with Gasteiger partial charge in [0, 0.05) is 25.3 Å². The van der Waals surface area contributed by atoms with Gasteiger partial charge < -0.3 is 15.0 Å². The molecule has 3 aliphatic rings. The van der Waals surface area contributed by atoms with Crippen LogP contribution in [0.1, 0.15) is 25.8 Å². The van der Waals surface area contributed by atoms with Gasteiger partial charge in [0.15, 0.2) is 0 Å². The van der Waals surface area contributed by atoms with Crippen molar-refractivity contribution in [3.05, 3.63) is 29.8 Å². The Hall–Kier alpha value is -1.64. The second-order valence-corrected chi connectivity index (χ2v) is 10.5. The van der Waals surface area contributed by atoms with Crippen LogP contribution in [0.2, 0.25) is 0 Å². The van der Waals surface area contributed by atoms with Crippen molar-refractivity contribution >= 4 is 21.7 Å². The number of likely N-dealkylation sites (tertiary alicyclic amines) is 1. The number of urea groups is 1. The number of fused-ring (bicyclic) bond motifs is 1. The van der Waals surface area contributed by atoms with Gasteiger partial charge in [-0.3, -0.25) is 0 Å². The maximum absolute atomic E-state index is 13.0. The van der Waals surface area contributed by atoms with E-state index in [1.807, 2.05) is 45.0 Å². The molecule has 2 amide bonds. The van der Waals surface area contributed by atoms with Crippen molar-refractivity contribution in [2.45, 2.75) is 44.1 Å². The third-order valence-corrected chi connectivity index (χ3v) is 8.09. The number of anilines is 1. The van der Waals surface area contributed by atoms with Crippen LogP contribution in [0.25, 0.3) is 0 Å². The van der Waals surface area contributed by atoms with Gasteiger partial charge in [-0.25, -0.2) is 13.2 Å². The van der Waals surface area contributed by atoms with Crippen LogP contribution in [0.4, 0.5) is 10.5 Å². The Bertz CT molecular complexity index is 856. The Labute approximate surface area is 160 Å². The highest BCUT2D eigenvalue weighted by molar-refractivity contribution is 7.90. The summed E-state index contributed by atoms with van der Waals surface area (Å²) in [5.74, 6) is 0.245. The number of rotatable bonds is 3. The van der Waals surface area contributed by atoms with E-state index >= 15 is 0 Å². The lowest BCUT2D eigenvalue weighted by atomic mass is 9.99. The van der Waals surface area contributed by atoms with Crippen LogP contribution in [0.5, 0.6) is 0 Å². The molecule has 3 atom stereocenters. The van der Waals surface area contributed by atoms with Crippen molar-refractivity contribution in [3.8, 4) is 0 Å². The van der Waals surface area contributed by atoms with Gasteiger partial charge >= 0.3 is 6.03 Å². The molecule has 0 aliphatic carbocycles. The molecule has 7 nitrogen and oxygen atoms in total. The van der Waals surface area contributed by atoms with E-state index in [-0.39, 0.29) is 18.1 Å². The first kappa shape index (κ1) is 18.7. The number of para-hydroxylation sites is 1. The Morgan fingerprint density at radius 1 is 1.33 bits per heavy atom. The maximum atomic E-state index is 13.0. The number of hydrogen-bond acceptors (Lipinski definition) is 4. The van der Waals surface area contributed by atoms with Gasteiger partial charge in [0.25, 0.3) is 0 Å². The molecule has 3 fully saturated rings. The number of benzene rings is 1. The number of aryl methyl sites for hydroxylation is 1. The van der Waals surface area contributed by atoms with Crippen molar-refractivity contribution in [2.75, 3.05) is 31.5 Å². The molecule has 148 valence electrons. The maximum Gasteiger partial charge on any atom is 0.322 e. The summed E-state index contributed by atoms with van der Waals surface area (Å²) in [6.07, 6.45) is 0.243. The van der Waals surface area contributed by atoms with Crippen molar-refractivity contribution in [3.63, 3.8) is 0 Å². The van der Waals surface area contributed by atoms with E-state index in [1.165, 1.54) is 0 Å². The molecule has 2 bridgehead atoms. The zero-order chi connectivity index (χ0) is 19.4. The van der Waals surface area contributed by atoms with Crippen LogP contribution in [-0.4, -0.2) is 66.8 Å². The number of nitrogens with one attached hydrogen (secondary N) is 1. The van der Waals surface area contributed by atoms with Crippen molar-refractivity contribution in [1.29, 1.82) is 0 Å². The summed E-state index contributed by atoms with van der Waals surface area (Å²) < 4.78 is 33.7. The second-order valence-electron chi connectivity index (χ2n) is 8.39. The third-order valence-electron chi connectivity index (χ3n) is 5.75. The van der Waals surface area contributed by atoms with Crippen molar-refractivity contribution < 1.29 is 17.9 Å². The predicted molar refractivity (Wildman–Crippen MR) is 103 cm³/mol. The van der Waals surface area contributed by atoms with Gasteiger partial charge in [0.2, 0.25) is 10.0 Å². The van der Waals surface area contributed by atoms with Crippen LogP contribution in [0.3, 0.4) is 0 Å². The number of amides is 2. The number of morpholine rings is 1. The van der Waals surface area contributed by atoms with Gasteiger partial charge in [-0.2, -0.15) is 4.31 Å².